The molecule has 0 atom stereocenters. The van der Waals surface area contributed by atoms with E-state index in [0.29, 0.717) is 5.69 Å². The SMILES string of the molecule is C.NCc1ncc(O)c(CN)c1O. The first kappa shape index (κ1) is 11.7. The van der Waals surface area contributed by atoms with Gasteiger partial charge >= 0.3 is 0 Å². The highest BCUT2D eigenvalue weighted by Crippen LogP contribution is 2.27. The molecule has 1 heterocycles. The van der Waals surface area contributed by atoms with Crippen LogP contribution >= 0.6 is 0 Å². The van der Waals surface area contributed by atoms with Gasteiger partial charge in [0, 0.05) is 13.1 Å². The summed E-state index contributed by atoms with van der Waals surface area (Å²) in [7, 11) is 0. The second-order valence-corrected chi connectivity index (χ2v) is 2.33. The summed E-state index contributed by atoms with van der Waals surface area (Å²) in [5.74, 6) is -0.216. The van der Waals surface area contributed by atoms with Crippen molar-refractivity contribution in [1.82, 2.24) is 4.98 Å². The molecule has 74 valence electrons. The fourth-order valence-electron chi connectivity index (χ4n) is 0.924. The highest BCUT2D eigenvalue weighted by molar-refractivity contribution is 5.44. The molecule has 0 saturated carbocycles. The van der Waals surface area contributed by atoms with E-state index >= 15 is 0 Å². The molecule has 0 aliphatic rings. The maximum atomic E-state index is 9.39. The highest BCUT2D eigenvalue weighted by atomic mass is 16.3. The lowest BCUT2D eigenvalue weighted by Gasteiger charge is -2.06. The van der Waals surface area contributed by atoms with Gasteiger partial charge in [0.25, 0.3) is 0 Å². The molecule has 0 fully saturated rings. The van der Waals surface area contributed by atoms with Crippen LogP contribution in [0.15, 0.2) is 6.20 Å². The quantitative estimate of drug-likeness (QED) is 0.521. The van der Waals surface area contributed by atoms with Crippen LogP contribution in [0, 0.1) is 0 Å². The third kappa shape index (κ3) is 2.07. The van der Waals surface area contributed by atoms with Gasteiger partial charge in [-0.25, -0.2) is 0 Å². The Labute approximate surface area is 77.0 Å². The monoisotopic (exact) mass is 185 g/mol. The molecule has 0 aromatic carbocycles. The van der Waals surface area contributed by atoms with Crippen molar-refractivity contribution in [2.45, 2.75) is 20.5 Å². The first-order chi connectivity index (χ1) is 5.70. The number of nitrogens with two attached hydrogens (primary N) is 2. The number of aromatic hydroxyl groups is 2. The lowest BCUT2D eigenvalue weighted by Crippen LogP contribution is -2.04. The minimum Gasteiger partial charge on any atom is -0.506 e. The fourth-order valence-corrected chi connectivity index (χ4v) is 0.924. The molecular weight excluding hydrogens is 170 g/mol. The molecule has 13 heavy (non-hydrogen) atoms. The van der Waals surface area contributed by atoms with Crippen LogP contribution in [0.2, 0.25) is 0 Å². The minimum absolute atomic E-state index is 0. The van der Waals surface area contributed by atoms with Crippen LogP contribution in [0.5, 0.6) is 11.5 Å². The summed E-state index contributed by atoms with van der Waals surface area (Å²) in [6.07, 6.45) is 1.23. The Kier molecular flexibility index (Phi) is 4.16. The van der Waals surface area contributed by atoms with Gasteiger partial charge in [0.2, 0.25) is 0 Å². The first-order valence-electron chi connectivity index (χ1n) is 3.49. The molecule has 0 aliphatic carbocycles. The zero-order valence-electron chi connectivity index (χ0n) is 6.49. The summed E-state index contributed by atoms with van der Waals surface area (Å²) in [6.45, 7) is 0.187. The highest BCUT2D eigenvalue weighted by Gasteiger charge is 2.10. The van der Waals surface area contributed by atoms with Crippen LogP contribution < -0.4 is 11.5 Å². The van der Waals surface area contributed by atoms with Crippen molar-refractivity contribution in [2.24, 2.45) is 11.5 Å². The third-order valence-electron chi connectivity index (χ3n) is 1.61. The standard InChI is InChI=1S/C7H11N3O2.CH4/c8-1-4-6(11)3-10-5(2-9)7(4)12;/h3,11-12H,1-2,8-9H2;1H4. The molecule has 0 amide bonds. The van der Waals surface area contributed by atoms with E-state index in [4.69, 9.17) is 16.6 Å². The van der Waals surface area contributed by atoms with Gasteiger partial charge in [0.15, 0.2) is 0 Å². The number of pyridine rings is 1. The number of hydrogen-bond acceptors (Lipinski definition) is 5. The molecule has 1 aromatic rings. The summed E-state index contributed by atoms with van der Waals surface area (Å²) in [6, 6.07) is 0. The summed E-state index contributed by atoms with van der Waals surface area (Å²) in [5, 5.41) is 18.6. The van der Waals surface area contributed by atoms with Gasteiger partial charge in [0.05, 0.1) is 17.5 Å². The summed E-state index contributed by atoms with van der Waals surface area (Å²) in [5.41, 5.74) is 11.2. The van der Waals surface area contributed by atoms with Crippen molar-refractivity contribution in [3.8, 4) is 11.5 Å². The predicted molar refractivity (Wildman–Crippen MR) is 50.1 cm³/mol. The van der Waals surface area contributed by atoms with Crippen LogP contribution in [0.1, 0.15) is 18.7 Å². The Morgan fingerprint density at radius 3 is 2.31 bits per heavy atom. The number of hydrogen-bond donors (Lipinski definition) is 4. The van der Waals surface area contributed by atoms with Gasteiger partial charge in [-0.1, -0.05) is 7.43 Å². The summed E-state index contributed by atoms with van der Waals surface area (Å²) < 4.78 is 0. The molecule has 5 nitrogen and oxygen atoms in total. The van der Waals surface area contributed by atoms with Crippen molar-refractivity contribution in [2.75, 3.05) is 0 Å². The molecule has 0 unspecified atom stereocenters. The van der Waals surface area contributed by atoms with E-state index < -0.39 is 0 Å². The molecule has 6 N–H and O–H groups in total. The Balaban J connectivity index is 0.00000144. The molecule has 5 heteroatoms. The average molecular weight is 185 g/mol. The molecule has 0 bridgehead atoms. The smallest absolute Gasteiger partial charge is 0.146 e. The van der Waals surface area contributed by atoms with E-state index in [2.05, 4.69) is 4.98 Å². The van der Waals surface area contributed by atoms with Crippen LogP contribution in [-0.4, -0.2) is 15.2 Å². The number of rotatable bonds is 2. The van der Waals surface area contributed by atoms with E-state index in [1.54, 1.807) is 0 Å². The largest absolute Gasteiger partial charge is 0.506 e. The maximum absolute atomic E-state index is 9.39. The lowest BCUT2D eigenvalue weighted by molar-refractivity contribution is 0.428. The predicted octanol–water partition coefficient (Wildman–Crippen LogP) is 0.0463. The van der Waals surface area contributed by atoms with Gasteiger partial charge in [0.1, 0.15) is 11.5 Å². The van der Waals surface area contributed by atoms with Crippen molar-refractivity contribution in [3.05, 3.63) is 17.5 Å². The molecule has 0 saturated heterocycles. The molecule has 0 aliphatic heterocycles. The topological polar surface area (TPSA) is 105 Å². The average Bonchev–Trinajstić information content (AvgIpc) is 2.06. The van der Waals surface area contributed by atoms with Gasteiger partial charge in [-0.3, -0.25) is 4.98 Å². The molecule has 0 spiro atoms. The second kappa shape index (κ2) is 4.64. The fraction of sp³-hybridized carbons (Fsp3) is 0.375. The number of aromatic nitrogens is 1. The Bertz CT molecular complexity index is 289. The summed E-state index contributed by atoms with van der Waals surface area (Å²) in [4.78, 5) is 3.72. The zero-order chi connectivity index (χ0) is 9.14. The first-order valence-corrected chi connectivity index (χ1v) is 3.49. The Morgan fingerprint density at radius 1 is 1.23 bits per heavy atom. The summed E-state index contributed by atoms with van der Waals surface area (Å²) >= 11 is 0. The molecule has 1 aromatic heterocycles. The van der Waals surface area contributed by atoms with Crippen molar-refractivity contribution >= 4 is 0 Å². The van der Waals surface area contributed by atoms with E-state index in [1.165, 1.54) is 6.20 Å². The van der Waals surface area contributed by atoms with Gasteiger partial charge < -0.3 is 21.7 Å². The molecule has 1 rings (SSSR count). The van der Waals surface area contributed by atoms with Crippen molar-refractivity contribution in [3.63, 3.8) is 0 Å². The van der Waals surface area contributed by atoms with Crippen LogP contribution in [-0.2, 0) is 13.1 Å². The molecule has 0 radical (unpaired) electrons. The van der Waals surface area contributed by atoms with Crippen LogP contribution in [0.3, 0.4) is 0 Å². The van der Waals surface area contributed by atoms with E-state index in [9.17, 15) is 5.11 Å². The van der Waals surface area contributed by atoms with Crippen molar-refractivity contribution < 1.29 is 10.2 Å². The lowest BCUT2D eigenvalue weighted by atomic mass is 10.2. The third-order valence-corrected chi connectivity index (χ3v) is 1.61. The molecular formula is C8H15N3O2. The van der Waals surface area contributed by atoms with Crippen LogP contribution in [0.4, 0.5) is 0 Å². The van der Waals surface area contributed by atoms with E-state index in [-0.39, 0.29) is 37.6 Å². The van der Waals surface area contributed by atoms with E-state index in [0.717, 1.165) is 0 Å². The Morgan fingerprint density at radius 2 is 1.85 bits per heavy atom. The van der Waals surface area contributed by atoms with Gasteiger partial charge in [-0.2, -0.15) is 0 Å². The number of nitrogens with zero attached hydrogens (tertiary/aromatic N) is 1. The maximum Gasteiger partial charge on any atom is 0.146 e. The zero-order valence-corrected chi connectivity index (χ0v) is 6.49. The van der Waals surface area contributed by atoms with Gasteiger partial charge in [-0.05, 0) is 0 Å². The van der Waals surface area contributed by atoms with Crippen molar-refractivity contribution in [1.29, 1.82) is 0 Å². The van der Waals surface area contributed by atoms with Crippen LogP contribution in [0.25, 0.3) is 0 Å². The Hall–Kier alpha value is -1.33. The second-order valence-electron chi connectivity index (χ2n) is 2.33. The minimum atomic E-state index is -0.111. The normalized spacial score (nSPS) is 9.38. The van der Waals surface area contributed by atoms with E-state index in [1.807, 2.05) is 0 Å². The van der Waals surface area contributed by atoms with Gasteiger partial charge in [-0.15, -0.1) is 0 Å².